The van der Waals surface area contributed by atoms with Crippen molar-refractivity contribution in [3.05, 3.63) is 52.5 Å². The zero-order valence-electron chi connectivity index (χ0n) is 10.4. The highest BCUT2D eigenvalue weighted by Crippen LogP contribution is 2.19. The van der Waals surface area contributed by atoms with Gasteiger partial charge in [0.2, 0.25) is 0 Å². The molecule has 3 aromatic heterocycles. The van der Waals surface area contributed by atoms with Crippen molar-refractivity contribution in [3.63, 3.8) is 0 Å². The fourth-order valence-electron chi connectivity index (χ4n) is 2.01. The number of nitrogens with one attached hydrogen (secondary N) is 2. The van der Waals surface area contributed by atoms with Gasteiger partial charge in [-0.25, -0.2) is 9.97 Å². The Labute approximate surface area is 119 Å². The summed E-state index contributed by atoms with van der Waals surface area (Å²) in [5.74, 6) is 0. The Morgan fingerprint density at radius 2 is 2.26 bits per heavy atom. The van der Waals surface area contributed by atoms with E-state index in [1.165, 1.54) is 5.56 Å². The first-order valence-corrected chi connectivity index (χ1v) is 6.80. The molecule has 5 heteroatoms. The third kappa shape index (κ3) is 2.46. The number of pyridine rings is 2. The van der Waals surface area contributed by atoms with E-state index in [4.69, 9.17) is 0 Å². The van der Waals surface area contributed by atoms with Crippen molar-refractivity contribution in [1.29, 1.82) is 0 Å². The first-order valence-electron chi connectivity index (χ1n) is 6.01. The number of hydrogen-bond donors (Lipinski definition) is 2. The van der Waals surface area contributed by atoms with Crippen LogP contribution < -0.4 is 5.32 Å². The van der Waals surface area contributed by atoms with Crippen LogP contribution in [0, 0.1) is 6.92 Å². The molecule has 3 aromatic rings. The van der Waals surface area contributed by atoms with Crippen LogP contribution in [0.3, 0.4) is 0 Å². The summed E-state index contributed by atoms with van der Waals surface area (Å²) < 4.78 is 0.884. The summed E-state index contributed by atoms with van der Waals surface area (Å²) in [6.45, 7) is 2.77. The van der Waals surface area contributed by atoms with E-state index in [0.717, 1.165) is 33.4 Å². The van der Waals surface area contributed by atoms with Gasteiger partial charge in [0.05, 0.1) is 11.9 Å². The summed E-state index contributed by atoms with van der Waals surface area (Å²) in [5.41, 5.74) is 4.25. The SMILES string of the molecule is Cc1cc(NCc2c[nH]c3ncccc23)cnc1Br. The average molecular weight is 317 g/mol. The maximum absolute atomic E-state index is 4.28. The molecule has 0 saturated carbocycles. The van der Waals surface area contributed by atoms with Crippen LogP contribution in [0.5, 0.6) is 0 Å². The second-order valence-corrected chi connectivity index (χ2v) is 5.15. The van der Waals surface area contributed by atoms with Crippen molar-refractivity contribution in [3.8, 4) is 0 Å². The minimum absolute atomic E-state index is 0.744. The Morgan fingerprint density at radius 3 is 3.11 bits per heavy atom. The third-order valence-electron chi connectivity index (χ3n) is 3.03. The van der Waals surface area contributed by atoms with E-state index in [1.807, 2.05) is 25.4 Å². The molecule has 0 aliphatic carbocycles. The Hall–Kier alpha value is -1.88. The standard InChI is InChI=1S/C14H13BrN4/c1-9-5-11(8-18-13(9)15)17-6-10-7-19-14-12(10)3-2-4-16-14/h2-5,7-8,17H,6H2,1H3,(H,16,19). The predicted octanol–water partition coefficient (Wildman–Crippen LogP) is 3.64. The van der Waals surface area contributed by atoms with Crippen molar-refractivity contribution in [2.75, 3.05) is 5.32 Å². The van der Waals surface area contributed by atoms with Gasteiger partial charge in [0, 0.05) is 24.3 Å². The summed E-state index contributed by atoms with van der Waals surface area (Å²) >= 11 is 3.40. The first-order chi connectivity index (χ1) is 9.24. The maximum atomic E-state index is 4.28. The molecule has 3 heterocycles. The Morgan fingerprint density at radius 1 is 1.37 bits per heavy atom. The number of aromatic nitrogens is 3. The molecule has 0 saturated heterocycles. The number of aryl methyl sites for hydroxylation is 1. The number of hydrogen-bond acceptors (Lipinski definition) is 3. The van der Waals surface area contributed by atoms with Gasteiger partial charge in [-0.1, -0.05) is 0 Å². The van der Waals surface area contributed by atoms with Gasteiger partial charge in [-0.15, -0.1) is 0 Å². The van der Waals surface area contributed by atoms with Crippen LogP contribution in [0.4, 0.5) is 5.69 Å². The number of rotatable bonds is 3. The van der Waals surface area contributed by atoms with Gasteiger partial charge in [-0.2, -0.15) is 0 Å². The normalized spacial score (nSPS) is 10.8. The van der Waals surface area contributed by atoms with Crippen LogP contribution in [-0.4, -0.2) is 15.0 Å². The number of H-pyrrole nitrogens is 1. The monoisotopic (exact) mass is 316 g/mol. The zero-order chi connectivity index (χ0) is 13.2. The van der Waals surface area contributed by atoms with Gasteiger partial charge in [0.25, 0.3) is 0 Å². The van der Waals surface area contributed by atoms with Gasteiger partial charge < -0.3 is 10.3 Å². The summed E-state index contributed by atoms with van der Waals surface area (Å²) in [6, 6.07) is 6.09. The molecule has 0 radical (unpaired) electrons. The van der Waals surface area contributed by atoms with E-state index in [0.29, 0.717) is 0 Å². The third-order valence-corrected chi connectivity index (χ3v) is 3.86. The molecule has 0 aliphatic heterocycles. The lowest BCUT2D eigenvalue weighted by atomic mass is 10.2. The van der Waals surface area contributed by atoms with Crippen LogP contribution in [0.1, 0.15) is 11.1 Å². The largest absolute Gasteiger partial charge is 0.380 e. The van der Waals surface area contributed by atoms with E-state index in [9.17, 15) is 0 Å². The minimum Gasteiger partial charge on any atom is -0.380 e. The van der Waals surface area contributed by atoms with Crippen molar-refractivity contribution < 1.29 is 0 Å². The van der Waals surface area contributed by atoms with Crippen molar-refractivity contribution in [2.45, 2.75) is 13.5 Å². The van der Waals surface area contributed by atoms with Gasteiger partial charge in [-0.3, -0.25) is 0 Å². The highest BCUT2D eigenvalue weighted by atomic mass is 79.9. The van der Waals surface area contributed by atoms with Crippen LogP contribution in [0.25, 0.3) is 11.0 Å². The van der Waals surface area contributed by atoms with E-state index < -0.39 is 0 Å². The van der Waals surface area contributed by atoms with Crippen molar-refractivity contribution in [2.24, 2.45) is 0 Å². The van der Waals surface area contributed by atoms with Crippen molar-refractivity contribution >= 4 is 32.7 Å². The number of halogens is 1. The molecular weight excluding hydrogens is 304 g/mol. The highest BCUT2D eigenvalue weighted by molar-refractivity contribution is 9.10. The Bertz CT molecular complexity index is 720. The first kappa shape index (κ1) is 12.2. The molecule has 0 amide bonds. The zero-order valence-corrected chi connectivity index (χ0v) is 12.0. The molecule has 4 nitrogen and oxygen atoms in total. The molecule has 0 bridgehead atoms. The van der Waals surface area contributed by atoms with Gasteiger partial charge >= 0.3 is 0 Å². The quantitative estimate of drug-likeness (QED) is 0.725. The molecule has 3 rings (SSSR count). The van der Waals surface area contributed by atoms with Gasteiger partial charge in [0.15, 0.2) is 0 Å². The summed E-state index contributed by atoms with van der Waals surface area (Å²) in [6.07, 6.45) is 5.60. The molecule has 0 fully saturated rings. The van der Waals surface area contributed by atoms with Crippen LogP contribution in [0.2, 0.25) is 0 Å². The van der Waals surface area contributed by atoms with Crippen LogP contribution >= 0.6 is 15.9 Å². The fraction of sp³-hybridized carbons (Fsp3) is 0.143. The second kappa shape index (κ2) is 5.01. The molecule has 0 aromatic carbocycles. The van der Waals surface area contributed by atoms with Crippen molar-refractivity contribution in [1.82, 2.24) is 15.0 Å². The molecule has 2 N–H and O–H groups in total. The van der Waals surface area contributed by atoms with Crippen LogP contribution in [-0.2, 0) is 6.54 Å². The van der Waals surface area contributed by atoms with E-state index in [1.54, 1.807) is 6.20 Å². The lowest BCUT2D eigenvalue weighted by Crippen LogP contribution is -1.99. The van der Waals surface area contributed by atoms with E-state index >= 15 is 0 Å². The van der Waals surface area contributed by atoms with Gasteiger partial charge in [0.1, 0.15) is 10.3 Å². The van der Waals surface area contributed by atoms with Crippen LogP contribution in [0.15, 0.2) is 41.4 Å². The summed E-state index contributed by atoms with van der Waals surface area (Å²) in [5, 5.41) is 4.53. The topological polar surface area (TPSA) is 53.6 Å². The second-order valence-electron chi connectivity index (χ2n) is 4.40. The minimum atomic E-state index is 0.744. The predicted molar refractivity (Wildman–Crippen MR) is 80.1 cm³/mol. The summed E-state index contributed by atoms with van der Waals surface area (Å²) in [7, 11) is 0. The molecule has 0 spiro atoms. The Balaban J connectivity index is 1.80. The molecule has 19 heavy (non-hydrogen) atoms. The molecular formula is C14H13BrN4. The maximum Gasteiger partial charge on any atom is 0.137 e. The molecule has 96 valence electrons. The van der Waals surface area contributed by atoms with E-state index in [2.05, 4.69) is 48.3 Å². The average Bonchev–Trinajstić information content (AvgIpc) is 2.83. The fourth-order valence-corrected chi connectivity index (χ4v) is 2.23. The van der Waals surface area contributed by atoms with E-state index in [-0.39, 0.29) is 0 Å². The lowest BCUT2D eigenvalue weighted by Gasteiger charge is -2.06. The number of nitrogens with zero attached hydrogens (tertiary/aromatic N) is 2. The molecule has 0 unspecified atom stereocenters. The Kier molecular flexibility index (Phi) is 3.21. The molecule has 0 aliphatic rings. The number of aromatic amines is 1. The highest BCUT2D eigenvalue weighted by Gasteiger charge is 2.04. The smallest absolute Gasteiger partial charge is 0.137 e. The van der Waals surface area contributed by atoms with Gasteiger partial charge in [-0.05, 0) is 52.2 Å². The number of anilines is 1. The lowest BCUT2D eigenvalue weighted by molar-refractivity contribution is 1.13. The molecule has 0 atom stereocenters. The number of fused-ring (bicyclic) bond motifs is 1. The summed E-state index contributed by atoms with van der Waals surface area (Å²) in [4.78, 5) is 11.7.